The summed E-state index contributed by atoms with van der Waals surface area (Å²) in [5, 5.41) is 21.0. The summed E-state index contributed by atoms with van der Waals surface area (Å²) in [6.45, 7) is 8.57. The van der Waals surface area contributed by atoms with Gasteiger partial charge in [0.25, 0.3) is 0 Å². The minimum absolute atomic E-state index is 0.00831. The van der Waals surface area contributed by atoms with Crippen LogP contribution in [-0.2, 0) is 22.3 Å². The molecule has 46 heavy (non-hydrogen) atoms. The number of carbonyl (C=O) groups excluding carboxylic acids is 2. The molecule has 2 aliphatic rings. The number of unbranched alkanes of at least 4 members (excludes halogenated alkanes) is 2. The molecular formula is C34H44N4O8. The van der Waals surface area contributed by atoms with Gasteiger partial charge in [-0.05, 0) is 63.5 Å². The van der Waals surface area contributed by atoms with Crippen molar-refractivity contribution in [3.05, 3.63) is 81.7 Å². The molecule has 4 N–H and O–H groups in total. The van der Waals surface area contributed by atoms with E-state index < -0.39 is 12.2 Å². The summed E-state index contributed by atoms with van der Waals surface area (Å²) in [4.78, 5) is 39.0. The van der Waals surface area contributed by atoms with Crippen molar-refractivity contribution in [2.75, 3.05) is 13.2 Å². The second-order valence-corrected chi connectivity index (χ2v) is 12.1. The van der Waals surface area contributed by atoms with Gasteiger partial charge in [0.05, 0.1) is 37.8 Å². The zero-order valence-corrected chi connectivity index (χ0v) is 26.9. The summed E-state index contributed by atoms with van der Waals surface area (Å²) >= 11 is 0. The molecule has 0 aromatic carbocycles. The molecule has 0 fully saturated rings. The van der Waals surface area contributed by atoms with E-state index in [1.165, 1.54) is 12.5 Å². The van der Waals surface area contributed by atoms with Crippen LogP contribution in [-0.4, -0.2) is 55.3 Å². The van der Waals surface area contributed by atoms with E-state index in [2.05, 4.69) is 26.9 Å². The van der Waals surface area contributed by atoms with Crippen molar-refractivity contribution in [1.29, 1.82) is 0 Å². The molecule has 0 radical (unpaired) electrons. The summed E-state index contributed by atoms with van der Waals surface area (Å²) in [6, 6.07) is 0. The number of carbonyl (C=O) groups is 2. The third kappa shape index (κ3) is 7.13. The Labute approximate surface area is 267 Å². The predicted octanol–water partition coefficient (Wildman–Crippen LogP) is 6.06. The Morgan fingerprint density at radius 3 is 1.67 bits per heavy atom. The lowest BCUT2D eigenvalue weighted by atomic mass is 9.84. The van der Waals surface area contributed by atoms with Gasteiger partial charge >= 0.3 is 11.9 Å². The van der Waals surface area contributed by atoms with Crippen LogP contribution < -0.4 is 0 Å². The Morgan fingerprint density at radius 2 is 1.26 bits per heavy atom. The van der Waals surface area contributed by atoms with Gasteiger partial charge in [0.2, 0.25) is 0 Å². The summed E-state index contributed by atoms with van der Waals surface area (Å²) < 4.78 is 21.2. The molecular weight excluding hydrogens is 592 g/mol. The molecule has 4 aromatic heterocycles. The first-order valence-corrected chi connectivity index (χ1v) is 16.1. The SMILES string of the molecule is CCCCCOC(=O)c1[nH]c2c(c1C)C(O)CC(c1ncco1)C2.CCCOC(=O)c1[nH]c2c(c1C)C(O)CC(c1ncco1)C2. The number of hydrogen-bond donors (Lipinski definition) is 4. The van der Waals surface area contributed by atoms with Gasteiger partial charge in [-0.15, -0.1) is 0 Å². The van der Waals surface area contributed by atoms with Gasteiger partial charge in [-0.3, -0.25) is 0 Å². The number of oxazole rings is 2. The van der Waals surface area contributed by atoms with Crippen molar-refractivity contribution in [3.8, 4) is 0 Å². The van der Waals surface area contributed by atoms with Crippen LogP contribution in [0.4, 0.5) is 0 Å². The molecule has 12 nitrogen and oxygen atoms in total. The number of esters is 2. The van der Waals surface area contributed by atoms with E-state index in [1.807, 2.05) is 20.8 Å². The fourth-order valence-corrected chi connectivity index (χ4v) is 6.52. The third-order valence-electron chi connectivity index (χ3n) is 8.77. The first kappa shape index (κ1) is 33.2. The van der Waals surface area contributed by atoms with Crippen LogP contribution in [0.25, 0.3) is 0 Å². The van der Waals surface area contributed by atoms with Crippen LogP contribution in [0.5, 0.6) is 0 Å². The van der Waals surface area contributed by atoms with Gasteiger partial charge in [0.15, 0.2) is 11.8 Å². The highest BCUT2D eigenvalue weighted by Gasteiger charge is 2.35. The number of aromatic nitrogens is 4. The molecule has 6 rings (SSSR count). The number of H-pyrrole nitrogens is 2. The molecule has 4 atom stereocenters. The Balaban J connectivity index is 0.000000182. The summed E-state index contributed by atoms with van der Waals surface area (Å²) in [7, 11) is 0. The van der Waals surface area contributed by atoms with E-state index in [-0.39, 0.29) is 23.8 Å². The van der Waals surface area contributed by atoms with Crippen LogP contribution in [0.1, 0.15) is 143 Å². The van der Waals surface area contributed by atoms with Crippen LogP contribution in [0, 0.1) is 13.8 Å². The van der Waals surface area contributed by atoms with Crippen molar-refractivity contribution in [1.82, 2.24) is 19.9 Å². The maximum Gasteiger partial charge on any atom is 0.355 e. The van der Waals surface area contributed by atoms with E-state index in [0.29, 0.717) is 62.1 Å². The highest BCUT2D eigenvalue weighted by atomic mass is 16.5. The van der Waals surface area contributed by atoms with Gasteiger partial charge in [-0.2, -0.15) is 0 Å². The highest BCUT2D eigenvalue weighted by Crippen LogP contribution is 2.41. The van der Waals surface area contributed by atoms with Gasteiger partial charge < -0.3 is 38.5 Å². The van der Waals surface area contributed by atoms with Crippen molar-refractivity contribution in [2.45, 2.75) is 103 Å². The average Bonchev–Trinajstić information content (AvgIpc) is 3.86. The first-order chi connectivity index (χ1) is 22.2. The maximum atomic E-state index is 12.3. The molecule has 12 heteroatoms. The van der Waals surface area contributed by atoms with Crippen LogP contribution in [0.15, 0.2) is 33.8 Å². The Bertz CT molecular complexity index is 1590. The Hall–Kier alpha value is -4.16. The number of aromatic amines is 2. The lowest BCUT2D eigenvalue weighted by Crippen LogP contribution is -2.17. The lowest BCUT2D eigenvalue weighted by molar-refractivity contribution is 0.0484. The highest BCUT2D eigenvalue weighted by molar-refractivity contribution is 5.90. The number of ether oxygens (including phenoxy) is 2. The minimum Gasteiger partial charge on any atom is -0.461 e. The molecule has 0 spiro atoms. The molecule has 4 unspecified atom stereocenters. The monoisotopic (exact) mass is 636 g/mol. The third-order valence-corrected chi connectivity index (χ3v) is 8.77. The fourth-order valence-electron chi connectivity index (χ4n) is 6.52. The van der Waals surface area contributed by atoms with E-state index in [0.717, 1.165) is 59.3 Å². The van der Waals surface area contributed by atoms with Gasteiger partial charge in [0, 0.05) is 34.4 Å². The normalized spacial score (nSPS) is 20.3. The Kier molecular flexibility index (Phi) is 10.8. The number of aliphatic hydroxyl groups is 2. The largest absolute Gasteiger partial charge is 0.461 e. The topological polar surface area (TPSA) is 177 Å². The number of nitrogens with zero attached hydrogens (tertiary/aromatic N) is 2. The van der Waals surface area contributed by atoms with Crippen LogP contribution in [0.2, 0.25) is 0 Å². The molecule has 0 saturated carbocycles. The number of hydrogen-bond acceptors (Lipinski definition) is 10. The fraction of sp³-hybridized carbons (Fsp3) is 0.529. The number of fused-ring (bicyclic) bond motifs is 2. The first-order valence-electron chi connectivity index (χ1n) is 16.1. The molecule has 0 aliphatic heterocycles. The second kappa shape index (κ2) is 15.0. The average molecular weight is 637 g/mol. The van der Waals surface area contributed by atoms with Crippen molar-refractivity contribution >= 4 is 11.9 Å². The molecule has 0 saturated heterocycles. The zero-order chi connectivity index (χ0) is 32.8. The molecule has 4 aromatic rings. The number of rotatable bonds is 10. The van der Waals surface area contributed by atoms with Crippen molar-refractivity contribution in [2.24, 2.45) is 0 Å². The second-order valence-electron chi connectivity index (χ2n) is 12.1. The number of nitrogens with one attached hydrogen (secondary N) is 2. The summed E-state index contributed by atoms with van der Waals surface area (Å²) in [5.41, 5.74) is 5.80. The molecule has 248 valence electrons. The van der Waals surface area contributed by atoms with Gasteiger partial charge in [-0.1, -0.05) is 26.7 Å². The van der Waals surface area contributed by atoms with E-state index in [4.69, 9.17) is 18.3 Å². The molecule has 0 bridgehead atoms. The van der Waals surface area contributed by atoms with Crippen molar-refractivity contribution < 1.29 is 38.1 Å². The predicted molar refractivity (Wildman–Crippen MR) is 166 cm³/mol. The quantitative estimate of drug-likeness (QED) is 0.118. The minimum atomic E-state index is -0.636. The standard InChI is InChI=1S/C18H24N2O4.C16H20N2O4/c1-3-4-5-7-24-18(22)16-11(2)15-13(20-16)9-12(10-14(15)21)17-19-6-8-23-17;1-3-5-22-16(20)14-9(2)13-11(18-14)7-10(8-12(13)19)15-17-4-6-21-15/h6,8,12,14,20-21H,3-5,7,9-10H2,1-2H3;4,6,10,12,18-19H,3,5,7-8H2,1-2H3. The van der Waals surface area contributed by atoms with E-state index in [1.54, 1.807) is 12.4 Å². The molecule has 0 amide bonds. The van der Waals surface area contributed by atoms with Crippen LogP contribution >= 0.6 is 0 Å². The zero-order valence-electron chi connectivity index (χ0n) is 26.9. The molecule has 4 heterocycles. The summed E-state index contributed by atoms with van der Waals surface area (Å²) in [6.07, 6.45) is 11.2. The van der Waals surface area contributed by atoms with Gasteiger partial charge in [0.1, 0.15) is 23.9 Å². The smallest absolute Gasteiger partial charge is 0.355 e. The molecule has 2 aliphatic carbocycles. The maximum absolute atomic E-state index is 12.3. The summed E-state index contributed by atoms with van der Waals surface area (Å²) in [5.74, 6) is 0.540. The number of aliphatic hydroxyl groups excluding tert-OH is 2. The van der Waals surface area contributed by atoms with Crippen LogP contribution in [0.3, 0.4) is 0 Å². The van der Waals surface area contributed by atoms with Gasteiger partial charge in [-0.25, -0.2) is 19.6 Å². The van der Waals surface area contributed by atoms with Crippen molar-refractivity contribution in [3.63, 3.8) is 0 Å². The Morgan fingerprint density at radius 1 is 0.783 bits per heavy atom. The van der Waals surface area contributed by atoms with E-state index in [9.17, 15) is 19.8 Å². The van der Waals surface area contributed by atoms with E-state index >= 15 is 0 Å². The lowest BCUT2D eigenvalue weighted by Gasteiger charge is -2.24.